The number of carbonyl (C=O) groups excluding carboxylic acids is 2. The summed E-state index contributed by atoms with van der Waals surface area (Å²) in [5.74, 6) is -0.665. The number of benzene rings is 2. The molecule has 1 heterocycles. The van der Waals surface area contributed by atoms with Crippen molar-refractivity contribution < 1.29 is 14.0 Å². The van der Waals surface area contributed by atoms with E-state index in [4.69, 9.17) is 11.6 Å². The standard InChI is InChI=1S/C19H18ClFN2O2/c1-2-18(24)22-16-11-13(20)5-8-15(16)19(25)23-10-9-17(23)12-3-6-14(21)7-4-12/h3-8,11,17H,2,9-10H2,1H3,(H,22,24). The van der Waals surface area contributed by atoms with E-state index in [9.17, 15) is 14.0 Å². The van der Waals surface area contributed by atoms with Crippen LogP contribution in [0.15, 0.2) is 42.5 Å². The van der Waals surface area contributed by atoms with Gasteiger partial charge in [-0.3, -0.25) is 9.59 Å². The summed E-state index contributed by atoms with van der Waals surface area (Å²) in [4.78, 5) is 26.4. The third kappa shape index (κ3) is 3.66. The van der Waals surface area contributed by atoms with Gasteiger partial charge in [-0.25, -0.2) is 4.39 Å². The molecule has 0 aromatic heterocycles. The van der Waals surface area contributed by atoms with Gasteiger partial charge in [0.15, 0.2) is 0 Å². The topological polar surface area (TPSA) is 49.4 Å². The molecule has 2 amide bonds. The Bertz CT molecular complexity index is 808. The molecule has 130 valence electrons. The smallest absolute Gasteiger partial charge is 0.256 e. The Morgan fingerprint density at radius 1 is 1.24 bits per heavy atom. The Morgan fingerprint density at radius 3 is 2.56 bits per heavy atom. The van der Waals surface area contributed by atoms with Gasteiger partial charge < -0.3 is 10.2 Å². The van der Waals surface area contributed by atoms with Crippen molar-refractivity contribution in [1.29, 1.82) is 0 Å². The van der Waals surface area contributed by atoms with Crippen LogP contribution in [0, 0.1) is 5.82 Å². The van der Waals surface area contributed by atoms with Gasteiger partial charge in [-0.1, -0.05) is 30.7 Å². The molecule has 1 saturated heterocycles. The first kappa shape index (κ1) is 17.4. The van der Waals surface area contributed by atoms with Crippen LogP contribution >= 0.6 is 11.6 Å². The second-order valence-corrected chi connectivity index (χ2v) is 6.38. The number of rotatable bonds is 4. The molecule has 3 rings (SSSR count). The predicted molar refractivity (Wildman–Crippen MR) is 95.2 cm³/mol. The second-order valence-electron chi connectivity index (χ2n) is 5.95. The highest BCUT2D eigenvalue weighted by molar-refractivity contribution is 6.31. The lowest BCUT2D eigenvalue weighted by atomic mass is 9.93. The molecular formula is C19H18ClFN2O2. The van der Waals surface area contributed by atoms with Crippen LogP contribution in [0.25, 0.3) is 0 Å². The fourth-order valence-corrected chi connectivity index (χ4v) is 3.03. The van der Waals surface area contributed by atoms with Gasteiger partial charge in [0.1, 0.15) is 5.82 Å². The van der Waals surface area contributed by atoms with Gasteiger partial charge in [-0.05, 0) is 42.3 Å². The summed E-state index contributed by atoms with van der Waals surface area (Å²) in [5, 5.41) is 3.17. The maximum absolute atomic E-state index is 13.1. The molecule has 2 aromatic rings. The first-order valence-electron chi connectivity index (χ1n) is 8.15. The number of carbonyl (C=O) groups is 2. The molecule has 0 radical (unpaired) electrons. The average molecular weight is 361 g/mol. The van der Waals surface area contributed by atoms with Gasteiger partial charge >= 0.3 is 0 Å². The van der Waals surface area contributed by atoms with Crippen LogP contribution in [0.1, 0.15) is 41.7 Å². The molecule has 0 bridgehead atoms. The quantitative estimate of drug-likeness (QED) is 0.877. The molecule has 2 aromatic carbocycles. The maximum Gasteiger partial charge on any atom is 0.256 e. The molecule has 1 aliphatic heterocycles. The van der Waals surface area contributed by atoms with Crippen molar-refractivity contribution in [3.05, 3.63) is 64.4 Å². The first-order valence-corrected chi connectivity index (χ1v) is 8.53. The van der Waals surface area contributed by atoms with Crippen LogP contribution in [-0.4, -0.2) is 23.3 Å². The number of hydrogen-bond acceptors (Lipinski definition) is 2. The van der Waals surface area contributed by atoms with Crippen molar-refractivity contribution in [3.8, 4) is 0 Å². The Kier molecular flexibility index (Phi) is 5.04. The molecule has 1 N–H and O–H groups in total. The van der Waals surface area contributed by atoms with Gasteiger partial charge in [0.05, 0.1) is 17.3 Å². The van der Waals surface area contributed by atoms with E-state index in [1.165, 1.54) is 12.1 Å². The van der Waals surface area contributed by atoms with Gasteiger partial charge in [0, 0.05) is 18.0 Å². The number of likely N-dealkylation sites (tertiary alicyclic amines) is 1. The summed E-state index contributed by atoms with van der Waals surface area (Å²) >= 11 is 6.00. The molecule has 0 saturated carbocycles. The van der Waals surface area contributed by atoms with Crippen LogP contribution < -0.4 is 5.32 Å². The minimum Gasteiger partial charge on any atom is -0.331 e. The molecule has 4 nitrogen and oxygen atoms in total. The van der Waals surface area contributed by atoms with Crippen molar-refractivity contribution >= 4 is 29.1 Å². The number of halogens is 2. The van der Waals surface area contributed by atoms with Gasteiger partial charge in [0.25, 0.3) is 5.91 Å². The number of nitrogens with one attached hydrogen (secondary N) is 1. The van der Waals surface area contributed by atoms with Gasteiger partial charge in [0.2, 0.25) is 5.91 Å². The predicted octanol–water partition coefficient (Wildman–Crippen LogP) is 4.41. The average Bonchev–Trinajstić information content (AvgIpc) is 2.55. The molecule has 0 aliphatic carbocycles. The summed E-state index contributed by atoms with van der Waals surface area (Å²) in [5.41, 5.74) is 1.71. The zero-order chi connectivity index (χ0) is 18.0. The van der Waals surface area contributed by atoms with Crippen molar-refractivity contribution in [2.24, 2.45) is 0 Å². The lowest BCUT2D eigenvalue weighted by Gasteiger charge is -2.41. The third-order valence-corrected chi connectivity index (χ3v) is 4.58. The largest absolute Gasteiger partial charge is 0.331 e. The van der Waals surface area contributed by atoms with Crippen LogP contribution in [0.3, 0.4) is 0 Å². The number of nitrogens with zero attached hydrogens (tertiary/aromatic N) is 1. The Labute approximate surface area is 150 Å². The SMILES string of the molecule is CCC(=O)Nc1cc(Cl)ccc1C(=O)N1CCC1c1ccc(F)cc1. The number of anilines is 1. The summed E-state index contributed by atoms with van der Waals surface area (Å²) in [6.07, 6.45) is 1.13. The van der Waals surface area contributed by atoms with E-state index in [0.29, 0.717) is 29.2 Å². The van der Waals surface area contributed by atoms with Crippen LogP contribution in [0.2, 0.25) is 5.02 Å². The lowest BCUT2D eigenvalue weighted by molar-refractivity contribution is -0.115. The summed E-state index contributed by atoms with van der Waals surface area (Å²) in [6.45, 7) is 2.35. The Hall–Kier alpha value is -2.40. The van der Waals surface area contributed by atoms with Gasteiger partial charge in [-0.2, -0.15) is 0 Å². The molecular weight excluding hydrogens is 343 g/mol. The van der Waals surface area contributed by atoms with E-state index >= 15 is 0 Å². The highest BCUT2D eigenvalue weighted by Gasteiger charge is 2.34. The van der Waals surface area contributed by atoms with Crippen molar-refractivity contribution in [2.75, 3.05) is 11.9 Å². The van der Waals surface area contributed by atoms with E-state index in [2.05, 4.69) is 5.32 Å². The van der Waals surface area contributed by atoms with E-state index < -0.39 is 0 Å². The van der Waals surface area contributed by atoms with E-state index in [-0.39, 0.29) is 23.7 Å². The van der Waals surface area contributed by atoms with E-state index in [0.717, 1.165) is 12.0 Å². The summed E-state index contributed by atoms with van der Waals surface area (Å²) in [7, 11) is 0. The zero-order valence-electron chi connectivity index (χ0n) is 13.8. The monoisotopic (exact) mass is 360 g/mol. The van der Waals surface area contributed by atoms with Gasteiger partial charge in [-0.15, -0.1) is 0 Å². The molecule has 1 atom stereocenters. The minimum absolute atomic E-state index is 0.0847. The maximum atomic E-state index is 13.1. The Morgan fingerprint density at radius 2 is 1.96 bits per heavy atom. The highest BCUT2D eigenvalue weighted by Crippen LogP contribution is 2.36. The van der Waals surface area contributed by atoms with Crippen molar-refractivity contribution in [2.45, 2.75) is 25.8 Å². The fourth-order valence-electron chi connectivity index (χ4n) is 2.86. The zero-order valence-corrected chi connectivity index (χ0v) is 14.5. The number of hydrogen-bond donors (Lipinski definition) is 1. The van der Waals surface area contributed by atoms with Crippen LogP contribution in [-0.2, 0) is 4.79 Å². The minimum atomic E-state index is -0.303. The lowest BCUT2D eigenvalue weighted by Crippen LogP contribution is -2.45. The Balaban J connectivity index is 1.85. The number of amides is 2. The van der Waals surface area contributed by atoms with Crippen molar-refractivity contribution in [3.63, 3.8) is 0 Å². The van der Waals surface area contributed by atoms with E-state index in [1.807, 2.05) is 0 Å². The molecule has 0 spiro atoms. The highest BCUT2D eigenvalue weighted by atomic mass is 35.5. The molecule has 25 heavy (non-hydrogen) atoms. The normalized spacial score (nSPS) is 16.3. The molecule has 1 fully saturated rings. The van der Waals surface area contributed by atoms with Crippen molar-refractivity contribution in [1.82, 2.24) is 4.90 Å². The summed E-state index contributed by atoms with van der Waals surface area (Å²) < 4.78 is 13.1. The second kappa shape index (κ2) is 7.23. The van der Waals surface area contributed by atoms with E-state index in [1.54, 1.807) is 42.2 Å². The summed E-state index contributed by atoms with van der Waals surface area (Å²) in [6, 6.07) is 10.9. The molecule has 1 aliphatic rings. The third-order valence-electron chi connectivity index (χ3n) is 4.34. The van der Waals surface area contributed by atoms with Crippen LogP contribution in [0.4, 0.5) is 10.1 Å². The van der Waals surface area contributed by atoms with Crippen LogP contribution in [0.5, 0.6) is 0 Å². The molecule has 1 unspecified atom stereocenters. The first-order chi connectivity index (χ1) is 12.0. The fraction of sp³-hybridized carbons (Fsp3) is 0.263. The molecule has 6 heteroatoms.